The molecule has 0 spiro atoms. The summed E-state index contributed by atoms with van der Waals surface area (Å²) < 4.78 is 0. The van der Waals surface area contributed by atoms with Crippen molar-refractivity contribution in [3.63, 3.8) is 0 Å². The van der Waals surface area contributed by atoms with Gasteiger partial charge in [-0.25, -0.2) is 0 Å². The Labute approximate surface area is 45.4 Å². The molecular formula is H5BrMnO2. The Hall–Kier alpha value is 0.919. The van der Waals surface area contributed by atoms with Gasteiger partial charge in [0, 0.05) is 17.1 Å². The minimum absolute atomic E-state index is 0. The van der Waals surface area contributed by atoms with Crippen molar-refractivity contribution in [2.24, 2.45) is 0 Å². The van der Waals surface area contributed by atoms with E-state index in [-0.39, 0.29) is 45.0 Å². The second-order valence-corrected chi connectivity index (χ2v) is 0. The molecule has 4 N–H and O–H groups in total. The van der Waals surface area contributed by atoms with Gasteiger partial charge in [0.2, 0.25) is 0 Å². The molecule has 0 unspecified atom stereocenters. The smallest absolute Gasteiger partial charge is 0 e. The molecule has 0 aliphatic carbocycles. The molecule has 0 aliphatic heterocycles. The molecule has 0 rings (SSSR count). The second kappa shape index (κ2) is 39.5. The summed E-state index contributed by atoms with van der Waals surface area (Å²) >= 11 is 0. The zero-order valence-corrected chi connectivity index (χ0v) is 4.68. The first-order valence-corrected chi connectivity index (χ1v) is 0. The fourth-order valence-corrected chi connectivity index (χ4v) is 0. The van der Waals surface area contributed by atoms with Gasteiger partial charge in [0.1, 0.15) is 0 Å². The van der Waals surface area contributed by atoms with Crippen LogP contribution in [0.1, 0.15) is 0 Å². The topological polar surface area (TPSA) is 63.0 Å². The summed E-state index contributed by atoms with van der Waals surface area (Å²) in [5.74, 6) is 0. The van der Waals surface area contributed by atoms with Crippen molar-refractivity contribution in [2.45, 2.75) is 0 Å². The predicted molar refractivity (Wildman–Crippen MR) is 17.5 cm³/mol. The van der Waals surface area contributed by atoms with Crippen LogP contribution in [-0.2, 0) is 17.1 Å². The summed E-state index contributed by atoms with van der Waals surface area (Å²) in [4.78, 5) is 0. The molecule has 0 aromatic heterocycles. The van der Waals surface area contributed by atoms with E-state index in [1.54, 1.807) is 0 Å². The van der Waals surface area contributed by atoms with E-state index in [0.29, 0.717) is 0 Å². The Morgan fingerprint density at radius 2 is 0.750 bits per heavy atom. The maximum absolute atomic E-state index is 0. The monoisotopic (exact) mass is 171 g/mol. The molecule has 0 fully saturated rings. The van der Waals surface area contributed by atoms with Gasteiger partial charge in [0.25, 0.3) is 0 Å². The normalized spacial score (nSPS) is 0. The summed E-state index contributed by atoms with van der Waals surface area (Å²) in [7, 11) is 0. The van der Waals surface area contributed by atoms with Crippen molar-refractivity contribution >= 4 is 17.0 Å². The molecule has 31 valence electrons. The fourth-order valence-electron chi connectivity index (χ4n) is 0. The van der Waals surface area contributed by atoms with Crippen LogP contribution in [0.25, 0.3) is 0 Å². The Morgan fingerprint density at radius 1 is 0.750 bits per heavy atom. The zero-order chi connectivity index (χ0) is 0. The van der Waals surface area contributed by atoms with Gasteiger partial charge in [-0.2, -0.15) is 0 Å². The second-order valence-electron chi connectivity index (χ2n) is 0. The summed E-state index contributed by atoms with van der Waals surface area (Å²) in [6.45, 7) is 0. The number of hydrogen-bond donors (Lipinski definition) is 0. The van der Waals surface area contributed by atoms with Crippen LogP contribution in [0.3, 0.4) is 0 Å². The van der Waals surface area contributed by atoms with Gasteiger partial charge in [0.15, 0.2) is 0 Å². The van der Waals surface area contributed by atoms with Gasteiger partial charge >= 0.3 is 0 Å². The summed E-state index contributed by atoms with van der Waals surface area (Å²) in [6.07, 6.45) is 0. The summed E-state index contributed by atoms with van der Waals surface area (Å²) in [5, 5.41) is 0. The SMILES string of the molecule is Br.O.O.[Mn]. The maximum atomic E-state index is 0. The molecule has 0 aromatic carbocycles. The van der Waals surface area contributed by atoms with E-state index in [1.807, 2.05) is 0 Å². The molecule has 0 bridgehead atoms. The summed E-state index contributed by atoms with van der Waals surface area (Å²) in [5.41, 5.74) is 0. The van der Waals surface area contributed by atoms with Gasteiger partial charge in [-0.05, 0) is 0 Å². The third-order valence-corrected chi connectivity index (χ3v) is 0. The Balaban J connectivity index is 0. The maximum Gasteiger partial charge on any atom is 0 e. The molecule has 0 amide bonds. The molecule has 0 saturated carbocycles. The third kappa shape index (κ3) is 12.7. The van der Waals surface area contributed by atoms with Gasteiger partial charge in [-0.15, -0.1) is 17.0 Å². The van der Waals surface area contributed by atoms with Crippen LogP contribution in [0.15, 0.2) is 0 Å². The molecule has 0 heterocycles. The van der Waals surface area contributed by atoms with Crippen LogP contribution in [0.2, 0.25) is 0 Å². The quantitative estimate of drug-likeness (QED) is 0.417. The largest absolute Gasteiger partial charge is 0.412 e. The van der Waals surface area contributed by atoms with Gasteiger partial charge in [-0.3, -0.25) is 0 Å². The molecule has 4 heavy (non-hydrogen) atoms. The Bertz CT molecular complexity index is 6.00. The molecule has 4 heteroatoms. The Morgan fingerprint density at radius 3 is 0.750 bits per heavy atom. The van der Waals surface area contributed by atoms with Crippen LogP contribution in [0.4, 0.5) is 0 Å². The van der Waals surface area contributed by atoms with E-state index >= 15 is 0 Å². The van der Waals surface area contributed by atoms with E-state index in [4.69, 9.17) is 0 Å². The van der Waals surface area contributed by atoms with E-state index in [1.165, 1.54) is 0 Å². The Kier molecular flexibility index (Phi) is 883. The van der Waals surface area contributed by atoms with Gasteiger partial charge in [0.05, 0.1) is 0 Å². The standard InChI is InChI=1S/BrH.Mn.2H2O/h1H;;2*1H2. The van der Waals surface area contributed by atoms with Gasteiger partial charge in [-0.1, -0.05) is 0 Å². The molecule has 0 aliphatic rings. The summed E-state index contributed by atoms with van der Waals surface area (Å²) in [6, 6.07) is 0. The minimum atomic E-state index is 0. The van der Waals surface area contributed by atoms with Crippen molar-refractivity contribution in [3.8, 4) is 0 Å². The van der Waals surface area contributed by atoms with Gasteiger partial charge < -0.3 is 11.0 Å². The van der Waals surface area contributed by atoms with E-state index in [0.717, 1.165) is 0 Å². The van der Waals surface area contributed by atoms with E-state index in [2.05, 4.69) is 0 Å². The predicted octanol–water partition coefficient (Wildman–Crippen LogP) is -1.07. The molecule has 1 radical (unpaired) electrons. The van der Waals surface area contributed by atoms with E-state index in [9.17, 15) is 0 Å². The van der Waals surface area contributed by atoms with Crippen molar-refractivity contribution in [1.29, 1.82) is 0 Å². The number of hydrogen-bond acceptors (Lipinski definition) is 0. The average molecular weight is 172 g/mol. The van der Waals surface area contributed by atoms with Crippen LogP contribution in [0.5, 0.6) is 0 Å². The van der Waals surface area contributed by atoms with Crippen molar-refractivity contribution in [1.82, 2.24) is 0 Å². The number of halogens is 1. The minimum Gasteiger partial charge on any atom is -0.412 e. The zero-order valence-electron chi connectivity index (χ0n) is 1.79. The first-order chi connectivity index (χ1) is 0. The van der Waals surface area contributed by atoms with E-state index < -0.39 is 0 Å². The fraction of sp³-hybridized carbons (Fsp3) is 0. The van der Waals surface area contributed by atoms with Crippen LogP contribution in [0, 0.1) is 0 Å². The molecule has 0 saturated heterocycles. The first-order valence-electron chi connectivity index (χ1n) is 0. The molecule has 0 atom stereocenters. The average Bonchev–Trinajstić information content (AvgIpc) is 0. The van der Waals surface area contributed by atoms with Crippen molar-refractivity contribution in [2.75, 3.05) is 0 Å². The third-order valence-electron chi connectivity index (χ3n) is 0. The molecule has 0 aromatic rings. The van der Waals surface area contributed by atoms with Crippen molar-refractivity contribution < 1.29 is 28.0 Å². The van der Waals surface area contributed by atoms with Crippen LogP contribution in [-0.4, -0.2) is 11.0 Å². The number of rotatable bonds is 0. The van der Waals surface area contributed by atoms with Crippen LogP contribution < -0.4 is 0 Å². The first kappa shape index (κ1) is 89.4. The molecular weight excluding hydrogens is 167 g/mol. The molecule has 2 nitrogen and oxygen atoms in total. The van der Waals surface area contributed by atoms with Crippen molar-refractivity contribution in [3.05, 3.63) is 0 Å². The van der Waals surface area contributed by atoms with Crippen LogP contribution >= 0.6 is 17.0 Å².